The van der Waals surface area contributed by atoms with Gasteiger partial charge < -0.3 is 15.5 Å². The second kappa shape index (κ2) is 7.63. The summed E-state index contributed by atoms with van der Waals surface area (Å²) in [5.41, 5.74) is 0. The van der Waals surface area contributed by atoms with E-state index in [1.807, 2.05) is 0 Å². The minimum atomic E-state index is 0.198. The van der Waals surface area contributed by atoms with Crippen LogP contribution in [0, 0.1) is 0 Å². The van der Waals surface area contributed by atoms with Crippen molar-refractivity contribution < 1.29 is 4.79 Å². The maximum absolute atomic E-state index is 11.5. The summed E-state index contributed by atoms with van der Waals surface area (Å²) in [6, 6.07) is 0.418. The smallest absolute Gasteiger partial charge is 0.221 e. The summed E-state index contributed by atoms with van der Waals surface area (Å²) in [7, 11) is 4.15. The molecule has 0 aromatic heterocycles. The van der Waals surface area contributed by atoms with Crippen molar-refractivity contribution >= 4 is 5.91 Å². The van der Waals surface area contributed by atoms with E-state index in [1.165, 1.54) is 6.42 Å². The fraction of sp³-hybridized carbons (Fsp3) is 0.917. The lowest BCUT2D eigenvalue weighted by Gasteiger charge is -2.11. The zero-order valence-electron chi connectivity index (χ0n) is 10.6. The van der Waals surface area contributed by atoms with Crippen molar-refractivity contribution in [2.75, 3.05) is 33.7 Å². The highest BCUT2D eigenvalue weighted by atomic mass is 16.1. The zero-order valence-corrected chi connectivity index (χ0v) is 10.6. The molecule has 0 aromatic carbocycles. The Bertz CT molecular complexity index is 200. The highest BCUT2D eigenvalue weighted by molar-refractivity contribution is 5.76. The lowest BCUT2D eigenvalue weighted by Crippen LogP contribution is -2.32. The Kier molecular flexibility index (Phi) is 6.42. The van der Waals surface area contributed by atoms with Gasteiger partial charge in [0.2, 0.25) is 5.91 Å². The standard InChI is InChI=1S/C12H25N3O/c1-15(2)9-4-3-7-14-12(16)10-11-6-5-8-13-11/h11,13H,3-10H2,1-2H3,(H,14,16). The molecule has 0 radical (unpaired) electrons. The van der Waals surface area contributed by atoms with E-state index in [0.29, 0.717) is 12.5 Å². The van der Waals surface area contributed by atoms with Crippen LogP contribution in [0.5, 0.6) is 0 Å². The molecular weight excluding hydrogens is 202 g/mol. The van der Waals surface area contributed by atoms with Gasteiger partial charge in [0.05, 0.1) is 0 Å². The number of rotatable bonds is 7. The molecule has 1 aliphatic heterocycles. The van der Waals surface area contributed by atoms with Gasteiger partial charge in [-0.2, -0.15) is 0 Å². The molecule has 94 valence electrons. The summed E-state index contributed by atoms with van der Waals surface area (Å²) in [5.74, 6) is 0.198. The molecule has 0 bridgehead atoms. The van der Waals surface area contributed by atoms with Gasteiger partial charge in [0.15, 0.2) is 0 Å². The summed E-state index contributed by atoms with van der Waals surface area (Å²) >= 11 is 0. The topological polar surface area (TPSA) is 44.4 Å². The molecular formula is C12H25N3O. The fourth-order valence-electron chi connectivity index (χ4n) is 2.01. The summed E-state index contributed by atoms with van der Waals surface area (Å²) in [5, 5.41) is 6.32. The van der Waals surface area contributed by atoms with Gasteiger partial charge in [-0.1, -0.05) is 0 Å². The Balaban J connectivity index is 1.93. The molecule has 4 heteroatoms. The third-order valence-electron chi connectivity index (χ3n) is 2.95. The van der Waals surface area contributed by atoms with Gasteiger partial charge in [-0.25, -0.2) is 0 Å². The summed E-state index contributed by atoms with van der Waals surface area (Å²) in [6.07, 6.45) is 5.22. The molecule has 1 unspecified atom stereocenters. The van der Waals surface area contributed by atoms with E-state index in [4.69, 9.17) is 0 Å². The van der Waals surface area contributed by atoms with E-state index >= 15 is 0 Å². The van der Waals surface area contributed by atoms with Crippen molar-refractivity contribution in [3.05, 3.63) is 0 Å². The predicted octanol–water partition coefficient (Wildman–Crippen LogP) is 0.587. The van der Waals surface area contributed by atoms with E-state index in [1.54, 1.807) is 0 Å². The number of nitrogens with one attached hydrogen (secondary N) is 2. The average molecular weight is 227 g/mol. The van der Waals surface area contributed by atoms with Crippen LogP contribution in [0.4, 0.5) is 0 Å². The van der Waals surface area contributed by atoms with Crippen LogP contribution in [0.3, 0.4) is 0 Å². The molecule has 0 spiro atoms. The molecule has 0 aliphatic carbocycles. The molecule has 16 heavy (non-hydrogen) atoms. The van der Waals surface area contributed by atoms with Gasteiger partial charge in [-0.15, -0.1) is 0 Å². The maximum atomic E-state index is 11.5. The number of amides is 1. The Morgan fingerprint density at radius 3 is 2.88 bits per heavy atom. The molecule has 1 aliphatic rings. The third-order valence-corrected chi connectivity index (χ3v) is 2.95. The van der Waals surface area contributed by atoms with Gasteiger partial charge in [0, 0.05) is 19.0 Å². The number of carbonyl (C=O) groups is 1. The zero-order chi connectivity index (χ0) is 11.8. The van der Waals surface area contributed by atoms with Crippen LogP contribution in [0.1, 0.15) is 32.1 Å². The summed E-state index contributed by atoms with van der Waals surface area (Å²) in [6.45, 7) is 2.99. The quantitative estimate of drug-likeness (QED) is 0.626. The minimum Gasteiger partial charge on any atom is -0.356 e. The van der Waals surface area contributed by atoms with E-state index in [2.05, 4.69) is 29.6 Å². The van der Waals surface area contributed by atoms with Gasteiger partial charge in [-0.05, 0) is 52.9 Å². The van der Waals surface area contributed by atoms with Crippen molar-refractivity contribution in [3.63, 3.8) is 0 Å². The van der Waals surface area contributed by atoms with E-state index < -0.39 is 0 Å². The number of hydrogen-bond acceptors (Lipinski definition) is 3. The van der Waals surface area contributed by atoms with Crippen molar-refractivity contribution in [3.8, 4) is 0 Å². The lowest BCUT2D eigenvalue weighted by atomic mass is 10.1. The van der Waals surface area contributed by atoms with Crippen LogP contribution >= 0.6 is 0 Å². The minimum absolute atomic E-state index is 0.198. The summed E-state index contributed by atoms with van der Waals surface area (Å²) < 4.78 is 0. The first-order valence-electron chi connectivity index (χ1n) is 6.33. The second-order valence-electron chi connectivity index (χ2n) is 4.86. The molecule has 0 aromatic rings. The van der Waals surface area contributed by atoms with Crippen molar-refractivity contribution in [2.24, 2.45) is 0 Å². The highest BCUT2D eigenvalue weighted by Gasteiger charge is 2.16. The van der Waals surface area contributed by atoms with Crippen molar-refractivity contribution in [1.82, 2.24) is 15.5 Å². The molecule has 1 rings (SSSR count). The number of nitrogens with zero attached hydrogens (tertiary/aromatic N) is 1. The monoisotopic (exact) mass is 227 g/mol. The molecule has 0 saturated carbocycles. The Hall–Kier alpha value is -0.610. The average Bonchev–Trinajstić information content (AvgIpc) is 2.69. The predicted molar refractivity (Wildman–Crippen MR) is 66.4 cm³/mol. The molecule has 1 saturated heterocycles. The van der Waals surface area contributed by atoms with Gasteiger partial charge in [-0.3, -0.25) is 4.79 Å². The maximum Gasteiger partial charge on any atom is 0.221 e. The third kappa shape index (κ3) is 6.08. The number of carbonyl (C=O) groups excluding carboxylic acids is 1. The molecule has 2 N–H and O–H groups in total. The normalized spacial score (nSPS) is 20.3. The van der Waals surface area contributed by atoms with E-state index in [0.717, 1.165) is 38.9 Å². The van der Waals surface area contributed by atoms with Crippen LogP contribution in [0.2, 0.25) is 0 Å². The van der Waals surface area contributed by atoms with Gasteiger partial charge in [0.1, 0.15) is 0 Å². The molecule has 1 heterocycles. The molecule has 1 fully saturated rings. The van der Waals surface area contributed by atoms with E-state index in [-0.39, 0.29) is 5.91 Å². The van der Waals surface area contributed by atoms with Gasteiger partial charge in [0.25, 0.3) is 0 Å². The molecule has 1 amide bonds. The first kappa shape index (κ1) is 13.5. The Labute approximate surface area is 98.8 Å². The fourth-order valence-corrected chi connectivity index (χ4v) is 2.01. The van der Waals surface area contributed by atoms with E-state index in [9.17, 15) is 4.79 Å². The molecule has 4 nitrogen and oxygen atoms in total. The Morgan fingerprint density at radius 2 is 2.25 bits per heavy atom. The largest absolute Gasteiger partial charge is 0.356 e. The number of hydrogen-bond donors (Lipinski definition) is 2. The first-order valence-corrected chi connectivity index (χ1v) is 6.33. The van der Waals surface area contributed by atoms with Crippen LogP contribution in [0.15, 0.2) is 0 Å². The van der Waals surface area contributed by atoms with Crippen molar-refractivity contribution in [1.29, 1.82) is 0 Å². The van der Waals surface area contributed by atoms with Crippen molar-refractivity contribution in [2.45, 2.75) is 38.1 Å². The summed E-state index contributed by atoms with van der Waals surface area (Å²) in [4.78, 5) is 13.7. The Morgan fingerprint density at radius 1 is 1.44 bits per heavy atom. The molecule has 1 atom stereocenters. The van der Waals surface area contributed by atoms with Crippen LogP contribution in [0.25, 0.3) is 0 Å². The van der Waals surface area contributed by atoms with Crippen LogP contribution < -0.4 is 10.6 Å². The van der Waals surface area contributed by atoms with Crippen LogP contribution in [-0.4, -0.2) is 50.6 Å². The highest BCUT2D eigenvalue weighted by Crippen LogP contribution is 2.08. The van der Waals surface area contributed by atoms with Crippen LogP contribution in [-0.2, 0) is 4.79 Å². The van der Waals surface area contributed by atoms with Gasteiger partial charge >= 0.3 is 0 Å². The first-order chi connectivity index (χ1) is 7.68. The lowest BCUT2D eigenvalue weighted by molar-refractivity contribution is -0.121. The second-order valence-corrected chi connectivity index (χ2v) is 4.86. The SMILES string of the molecule is CN(C)CCCCNC(=O)CC1CCCN1. The number of unbranched alkanes of at least 4 members (excludes halogenated alkanes) is 1.